The van der Waals surface area contributed by atoms with Crippen LogP contribution in [0.25, 0.3) is 0 Å². The van der Waals surface area contributed by atoms with E-state index >= 15 is 0 Å². The topological polar surface area (TPSA) is 146 Å². The molecule has 9 heteroatoms. The van der Waals surface area contributed by atoms with Gasteiger partial charge in [0, 0.05) is 5.92 Å². The predicted octanol–water partition coefficient (Wildman–Crippen LogP) is -0.602. The maximum Gasteiger partial charge on any atom is 0.309 e. The molecule has 2 fully saturated rings. The molecule has 0 aromatic rings. The first-order valence-corrected chi connectivity index (χ1v) is 10.4. The Morgan fingerprint density at radius 2 is 1.90 bits per heavy atom. The molecule has 0 bridgehead atoms. The van der Waals surface area contributed by atoms with E-state index in [-0.39, 0.29) is 24.4 Å². The number of esters is 1. The quantitative estimate of drug-likeness (QED) is 0.293. The van der Waals surface area contributed by atoms with Crippen molar-refractivity contribution in [2.75, 3.05) is 13.2 Å². The number of hydrogen-bond donors (Lipinski definition) is 5. The summed E-state index contributed by atoms with van der Waals surface area (Å²) in [5.74, 6) is -0.522. The number of ether oxygens (including phenoxy) is 3. The van der Waals surface area contributed by atoms with Crippen LogP contribution in [0, 0.1) is 11.8 Å². The summed E-state index contributed by atoms with van der Waals surface area (Å²) in [6.07, 6.45) is -2.44. The van der Waals surface area contributed by atoms with Gasteiger partial charge in [0.2, 0.25) is 0 Å². The Balaban J connectivity index is 1.84. The third-order valence-electron chi connectivity index (χ3n) is 6.39. The monoisotopic (exact) mass is 428 g/mol. The van der Waals surface area contributed by atoms with E-state index in [4.69, 9.17) is 14.2 Å². The highest BCUT2D eigenvalue weighted by Crippen LogP contribution is 2.36. The molecule has 30 heavy (non-hydrogen) atoms. The van der Waals surface area contributed by atoms with E-state index in [1.54, 1.807) is 0 Å². The van der Waals surface area contributed by atoms with Crippen molar-refractivity contribution in [2.45, 2.75) is 76.0 Å². The number of rotatable bonds is 4. The van der Waals surface area contributed by atoms with Crippen LogP contribution in [0.5, 0.6) is 0 Å². The van der Waals surface area contributed by atoms with Gasteiger partial charge in [-0.05, 0) is 43.4 Å². The van der Waals surface area contributed by atoms with E-state index in [0.29, 0.717) is 19.3 Å². The van der Waals surface area contributed by atoms with Gasteiger partial charge in [0.15, 0.2) is 6.29 Å². The zero-order valence-electron chi connectivity index (χ0n) is 17.3. The van der Waals surface area contributed by atoms with Crippen molar-refractivity contribution in [2.24, 2.45) is 11.8 Å². The summed E-state index contributed by atoms with van der Waals surface area (Å²) >= 11 is 0. The van der Waals surface area contributed by atoms with Gasteiger partial charge in [-0.25, -0.2) is 0 Å². The van der Waals surface area contributed by atoms with Crippen LogP contribution in [0.1, 0.15) is 33.1 Å². The smallest absolute Gasteiger partial charge is 0.309 e. The van der Waals surface area contributed by atoms with Gasteiger partial charge in [-0.1, -0.05) is 13.0 Å². The van der Waals surface area contributed by atoms with E-state index in [0.717, 1.165) is 11.1 Å². The number of fused-ring (bicyclic) bond motifs is 1. The van der Waals surface area contributed by atoms with Crippen molar-refractivity contribution in [1.29, 1.82) is 0 Å². The maximum atomic E-state index is 12.1. The van der Waals surface area contributed by atoms with Crippen molar-refractivity contribution in [1.82, 2.24) is 0 Å². The van der Waals surface area contributed by atoms with Gasteiger partial charge in [0.25, 0.3) is 0 Å². The second kappa shape index (κ2) is 9.86. The number of hydrogen-bond acceptors (Lipinski definition) is 9. The molecule has 3 rings (SSSR count). The lowest BCUT2D eigenvalue weighted by Gasteiger charge is -2.41. The number of aliphatic hydroxyl groups excluding tert-OH is 5. The second-order valence-electron chi connectivity index (χ2n) is 8.38. The Hall–Kier alpha value is -1.33. The summed E-state index contributed by atoms with van der Waals surface area (Å²) in [6, 6.07) is 0. The van der Waals surface area contributed by atoms with Crippen LogP contribution in [0.15, 0.2) is 23.3 Å². The number of carbonyl (C=O) groups excluding carboxylic acids is 1. The second-order valence-corrected chi connectivity index (χ2v) is 8.38. The van der Waals surface area contributed by atoms with Gasteiger partial charge in [0.05, 0.1) is 25.2 Å². The Bertz CT molecular complexity index is 673. The van der Waals surface area contributed by atoms with Crippen molar-refractivity contribution >= 4 is 5.97 Å². The summed E-state index contributed by atoms with van der Waals surface area (Å²) in [5.41, 5.74) is 1.57. The van der Waals surface area contributed by atoms with E-state index < -0.39 is 49.5 Å². The van der Waals surface area contributed by atoms with Crippen molar-refractivity contribution in [3.63, 3.8) is 0 Å². The fourth-order valence-electron chi connectivity index (χ4n) is 4.29. The SMILES string of the molecule is C/C1=C\[C@H]2OC(=O)[C@@H](C)C2CC/C(CO)=C\C[C@@H]1O[C@@H]1O[C@H](CO)[C@@H](O)[C@H](O)[C@H]1O. The fourth-order valence-corrected chi connectivity index (χ4v) is 4.29. The lowest BCUT2D eigenvalue weighted by atomic mass is 9.84. The molecular weight excluding hydrogens is 396 g/mol. The molecule has 0 spiro atoms. The summed E-state index contributed by atoms with van der Waals surface area (Å²) in [5, 5.41) is 49.4. The predicted molar refractivity (Wildman–Crippen MR) is 104 cm³/mol. The first-order chi connectivity index (χ1) is 14.3. The lowest BCUT2D eigenvalue weighted by molar-refractivity contribution is -0.308. The first kappa shape index (κ1) is 23.3. The highest BCUT2D eigenvalue weighted by molar-refractivity contribution is 5.75. The minimum absolute atomic E-state index is 0.0200. The molecule has 9 nitrogen and oxygen atoms in total. The molecule has 1 unspecified atom stereocenters. The highest BCUT2D eigenvalue weighted by Gasteiger charge is 2.45. The molecule has 1 aliphatic carbocycles. The molecule has 5 N–H and O–H groups in total. The minimum atomic E-state index is -1.53. The minimum Gasteiger partial charge on any atom is -0.458 e. The standard InChI is InChI=1S/C21H32O9/c1-10-7-15-13(11(2)20(27)28-15)5-3-12(8-22)4-6-14(10)29-21-19(26)18(25)17(24)16(9-23)30-21/h4,7,11,13-19,21-26H,3,5-6,8-9H2,1-2H3/b10-7+,12-4+/t11-,13?,14-,15+,16+,17+,18-,19+,21+/m0/s1. The van der Waals surface area contributed by atoms with Gasteiger partial charge >= 0.3 is 5.97 Å². The average molecular weight is 428 g/mol. The van der Waals surface area contributed by atoms with Gasteiger partial charge in [0.1, 0.15) is 30.5 Å². The van der Waals surface area contributed by atoms with Crippen LogP contribution in [-0.4, -0.2) is 87.6 Å². The van der Waals surface area contributed by atoms with E-state index in [9.17, 15) is 30.3 Å². The molecule has 2 saturated heterocycles. The Labute approximate surface area is 175 Å². The first-order valence-electron chi connectivity index (χ1n) is 10.4. The number of aliphatic hydroxyl groups is 5. The molecule has 9 atom stereocenters. The summed E-state index contributed by atoms with van der Waals surface area (Å²) in [7, 11) is 0. The molecule has 0 saturated carbocycles. The van der Waals surface area contributed by atoms with E-state index in [1.807, 2.05) is 26.0 Å². The fraction of sp³-hybridized carbons (Fsp3) is 0.762. The summed E-state index contributed by atoms with van der Waals surface area (Å²) < 4.78 is 16.9. The van der Waals surface area contributed by atoms with Crippen molar-refractivity contribution in [3.05, 3.63) is 23.3 Å². The van der Waals surface area contributed by atoms with Crippen molar-refractivity contribution in [3.8, 4) is 0 Å². The Morgan fingerprint density at radius 3 is 2.57 bits per heavy atom. The highest BCUT2D eigenvalue weighted by atomic mass is 16.7. The van der Waals surface area contributed by atoms with Crippen molar-refractivity contribution < 1.29 is 44.5 Å². The molecule has 0 radical (unpaired) electrons. The van der Waals surface area contributed by atoms with E-state index in [1.165, 1.54) is 0 Å². The molecule has 0 aromatic carbocycles. The molecular formula is C21H32O9. The normalized spacial score (nSPS) is 46.2. The maximum absolute atomic E-state index is 12.1. The van der Waals surface area contributed by atoms with Gasteiger partial charge < -0.3 is 39.7 Å². The van der Waals surface area contributed by atoms with E-state index in [2.05, 4.69) is 0 Å². The summed E-state index contributed by atoms with van der Waals surface area (Å²) in [6.45, 7) is 3.00. The molecule has 2 aliphatic heterocycles. The average Bonchev–Trinajstić information content (AvgIpc) is 2.99. The van der Waals surface area contributed by atoms with Crippen LogP contribution in [-0.2, 0) is 19.0 Å². The third-order valence-corrected chi connectivity index (χ3v) is 6.39. The molecule has 3 aliphatic rings. The van der Waals surface area contributed by atoms with Gasteiger partial charge in [-0.15, -0.1) is 0 Å². The van der Waals surface area contributed by atoms with Crippen LogP contribution >= 0.6 is 0 Å². The van der Waals surface area contributed by atoms with Crippen LogP contribution in [0.2, 0.25) is 0 Å². The zero-order chi connectivity index (χ0) is 22.0. The Kier molecular flexibility index (Phi) is 7.67. The van der Waals surface area contributed by atoms with Crippen LogP contribution in [0.3, 0.4) is 0 Å². The molecule has 2 heterocycles. The van der Waals surface area contributed by atoms with Crippen LogP contribution in [0.4, 0.5) is 0 Å². The zero-order valence-corrected chi connectivity index (χ0v) is 17.3. The third kappa shape index (κ3) is 4.77. The summed E-state index contributed by atoms with van der Waals surface area (Å²) in [4.78, 5) is 12.1. The van der Waals surface area contributed by atoms with Gasteiger partial charge in [-0.3, -0.25) is 4.79 Å². The van der Waals surface area contributed by atoms with Crippen LogP contribution < -0.4 is 0 Å². The molecule has 0 aromatic heterocycles. The largest absolute Gasteiger partial charge is 0.458 e. The molecule has 0 amide bonds. The number of carbonyl (C=O) groups is 1. The Morgan fingerprint density at radius 1 is 1.17 bits per heavy atom. The lowest BCUT2D eigenvalue weighted by Crippen LogP contribution is -2.59. The molecule has 170 valence electrons. The van der Waals surface area contributed by atoms with Gasteiger partial charge in [-0.2, -0.15) is 0 Å².